The highest BCUT2D eigenvalue weighted by molar-refractivity contribution is 5.89. The van der Waals surface area contributed by atoms with Crippen LogP contribution >= 0.6 is 0 Å². The van der Waals surface area contributed by atoms with Gasteiger partial charge in [-0.2, -0.15) is 13.2 Å². The summed E-state index contributed by atoms with van der Waals surface area (Å²) in [6.45, 7) is 5.26. The lowest BCUT2D eigenvalue weighted by atomic mass is 9.84. The first-order valence-corrected chi connectivity index (χ1v) is 5.79. The Kier molecular flexibility index (Phi) is 2.99. The van der Waals surface area contributed by atoms with Crippen LogP contribution in [-0.2, 0) is 6.18 Å². The van der Waals surface area contributed by atoms with Crippen LogP contribution in [0.1, 0.15) is 29.8 Å². The number of carboxylic acids is 1. The zero-order valence-corrected chi connectivity index (χ0v) is 10.6. The Hall–Kier alpha value is -1.72. The number of hydrogen-bond acceptors (Lipinski definition) is 2. The zero-order chi connectivity index (χ0) is 14.4. The molecule has 1 saturated heterocycles. The van der Waals surface area contributed by atoms with Gasteiger partial charge in [-0.15, -0.1) is 0 Å². The maximum absolute atomic E-state index is 12.7. The molecule has 0 spiro atoms. The molecule has 1 heterocycles. The Balaban J connectivity index is 2.39. The van der Waals surface area contributed by atoms with E-state index in [4.69, 9.17) is 5.11 Å². The van der Waals surface area contributed by atoms with Gasteiger partial charge in [-0.3, -0.25) is 0 Å². The third-order valence-electron chi connectivity index (χ3n) is 3.09. The van der Waals surface area contributed by atoms with E-state index >= 15 is 0 Å². The Labute approximate surface area is 108 Å². The third-order valence-corrected chi connectivity index (χ3v) is 3.09. The summed E-state index contributed by atoms with van der Waals surface area (Å²) in [6.07, 6.45) is -4.54. The number of carboxylic acid groups (broad SMARTS) is 1. The average Bonchev–Trinajstić information content (AvgIpc) is 2.23. The topological polar surface area (TPSA) is 40.5 Å². The van der Waals surface area contributed by atoms with E-state index in [1.807, 2.05) is 13.8 Å². The van der Waals surface area contributed by atoms with Crippen molar-refractivity contribution in [1.82, 2.24) is 0 Å². The standard InChI is InChI=1S/C13H14F3NO2/c1-12(2)6-17(7-12)10-4-8(11(18)19)3-9(5-10)13(14,15)16/h3-5H,6-7H2,1-2H3,(H,18,19). The van der Waals surface area contributed by atoms with Gasteiger partial charge in [-0.05, 0) is 23.6 Å². The first-order valence-electron chi connectivity index (χ1n) is 5.79. The van der Waals surface area contributed by atoms with Crippen molar-refractivity contribution in [1.29, 1.82) is 0 Å². The number of anilines is 1. The van der Waals surface area contributed by atoms with Crippen molar-refractivity contribution in [2.75, 3.05) is 18.0 Å². The number of benzene rings is 1. The predicted octanol–water partition coefficient (Wildman–Crippen LogP) is 3.25. The largest absolute Gasteiger partial charge is 0.478 e. The maximum Gasteiger partial charge on any atom is 0.416 e. The lowest BCUT2D eigenvalue weighted by molar-refractivity contribution is -0.137. The smallest absolute Gasteiger partial charge is 0.416 e. The number of carbonyl (C=O) groups is 1. The van der Waals surface area contributed by atoms with E-state index in [1.54, 1.807) is 4.90 Å². The molecule has 1 aliphatic rings. The molecule has 0 aromatic heterocycles. The SMILES string of the molecule is CC1(C)CN(c2cc(C(=O)O)cc(C(F)(F)F)c2)C1. The Morgan fingerprint density at radius 1 is 1.26 bits per heavy atom. The molecule has 0 unspecified atom stereocenters. The summed E-state index contributed by atoms with van der Waals surface area (Å²) in [5, 5.41) is 8.89. The van der Waals surface area contributed by atoms with E-state index in [9.17, 15) is 18.0 Å². The van der Waals surface area contributed by atoms with Crippen molar-refractivity contribution < 1.29 is 23.1 Å². The van der Waals surface area contributed by atoms with Crippen molar-refractivity contribution in [3.63, 3.8) is 0 Å². The molecule has 1 N–H and O–H groups in total. The molecule has 1 aromatic carbocycles. The summed E-state index contributed by atoms with van der Waals surface area (Å²) in [4.78, 5) is 12.7. The van der Waals surface area contributed by atoms with Gasteiger partial charge in [-0.25, -0.2) is 4.79 Å². The van der Waals surface area contributed by atoms with Crippen molar-refractivity contribution in [2.24, 2.45) is 5.41 Å². The molecule has 1 fully saturated rings. The molecule has 0 saturated carbocycles. The Morgan fingerprint density at radius 2 is 1.84 bits per heavy atom. The highest BCUT2D eigenvalue weighted by Crippen LogP contribution is 2.37. The molecular weight excluding hydrogens is 259 g/mol. The first-order chi connectivity index (χ1) is 8.58. The van der Waals surface area contributed by atoms with Gasteiger partial charge in [0.05, 0.1) is 11.1 Å². The molecule has 0 bridgehead atoms. The van der Waals surface area contributed by atoms with Gasteiger partial charge < -0.3 is 10.0 Å². The van der Waals surface area contributed by atoms with Gasteiger partial charge in [0, 0.05) is 18.8 Å². The third kappa shape index (κ3) is 2.83. The fourth-order valence-electron chi connectivity index (χ4n) is 2.25. The number of aromatic carboxylic acids is 1. The lowest BCUT2D eigenvalue weighted by Gasteiger charge is -2.47. The van der Waals surface area contributed by atoms with Crippen LogP contribution in [0.25, 0.3) is 0 Å². The molecule has 1 aromatic rings. The van der Waals surface area contributed by atoms with Crippen LogP contribution in [-0.4, -0.2) is 24.2 Å². The van der Waals surface area contributed by atoms with E-state index in [1.165, 1.54) is 6.07 Å². The molecular formula is C13H14F3NO2. The minimum absolute atomic E-state index is 0.0532. The number of nitrogens with zero attached hydrogens (tertiary/aromatic N) is 1. The van der Waals surface area contributed by atoms with E-state index in [2.05, 4.69) is 0 Å². The van der Waals surface area contributed by atoms with Crippen LogP contribution < -0.4 is 4.90 Å². The Morgan fingerprint density at radius 3 is 2.26 bits per heavy atom. The summed E-state index contributed by atoms with van der Waals surface area (Å²) in [5.74, 6) is -1.35. The summed E-state index contributed by atoms with van der Waals surface area (Å²) in [7, 11) is 0. The highest BCUT2D eigenvalue weighted by atomic mass is 19.4. The highest BCUT2D eigenvalue weighted by Gasteiger charge is 2.37. The monoisotopic (exact) mass is 273 g/mol. The molecule has 2 rings (SSSR count). The summed E-state index contributed by atoms with van der Waals surface area (Å²) >= 11 is 0. The van der Waals surface area contributed by atoms with Crippen molar-refractivity contribution in [3.05, 3.63) is 29.3 Å². The number of alkyl halides is 3. The molecule has 3 nitrogen and oxygen atoms in total. The van der Waals surface area contributed by atoms with Crippen molar-refractivity contribution in [3.8, 4) is 0 Å². The van der Waals surface area contributed by atoms with Crippen molar-refractivity contribution >= 4 is 11.7 Å². The fraction of sp³-hybridized carbons (Fsp3) is 0.462. The second kappa shape index (κ2) is 4.15. The van der Waals surface area contributed by atoms with E-state index in [0.717, 1.165) is 6.07 Å². The number of halogens is 3. The van der Waals surface area contributed by atoms with E-state index in [0.29, 0.717) is 24.8 Å². The molecule has 0 atom stereocenters. The van der Waals surface area contributed by atoms with Gasteiger partial charge in [0.25, 0.3) is 0 Å². The van der Waals surface area contributed by atoms with Crippen LogP contribution in [0.2, 0.25) is 0 Å². The molecule has 1 aliphatic heterocycles. The maximum atomic E-state index is 12.7. The van der Waals surface area contributed by atoms with Gasteiger partial charge in [-0.1, -0.05) is 13.8 Å². The number of rotatable bonds is 2. The van der Waals surface area contributed by atoms with Gasteiger partial charge in [0.15, 0.2) is 0 Å². The molecule has 6 heteroatoms. The minimum Gasteiger partial charge on any atom is -0.478 e. The molecule has 0 amide bonds. The second-order valence-electron chi connectivity index (χ2n) is 5.59. The molecule has 0 radical (unpaired) electrons. The quantitative estimate of drug-likeness (QED) is 0.899. The van der Waals surface area contributed by atoms with Crippen LogP contribution in [0.15, 0.2) is 18.2 Å². The fourth-order valence-corrected chi connectivity index (χ4v) is 2.25. The van der Waals surface area contributed by atoms with Crippen LogP contribution in [0.3, 0.4) is 0 Å². The zero-order valence-electron chi connectivity index (χ0n) is 10.6. The number of hydrogen-bond donors (Lipinski definition) is 1. The van der Waals surface area contributed by atoms with Gasteiger partial charge in [0.1, 0.15) is 0 Å². The van der Waals surface area contributed by atoms with Gasteiger partial charge in [0.2, 0.25) is 0 Å². The van der Waals surface area contributed by atoms with Gasteiger partial charge >= 0.3 is 12.1 Å². The van der Waals surface area contributed by atoms with Crippen molar-refractivity contribution in [2.45, 2.75) is 20.0 Å². The summed E-state index contributed by atoms with van der Waals surface area (Å²) in [5.41, 5.74) is -0.898. The first kappa shape index (κ1) is 13.7. The normalized spacial score (nSPS) is 18.1. The summed E-state index contributed by atoms with van der Waals surface area (Å²) < 4.78 is 38.2. The predicted molar refractivity (Wildman–Crippen MR) is 64.4 cm³/mol. The van der Waals surface area contributed by atoms with Crippen LogP contribution in [0.4, 0.5) is 18.9 Å². The van der Waals surface area contributed by atoms with E-state index in [-0.39, 0.29) is 11.0 Å². The molecule has 104 valence electrons. The molecule has 0 aliphatic carbocycles. The second-order valence-corrected chi connectivity index (χ2v) is 5.59. The molecule has 19 heavy (non-hydrogen) atoms. The lowest BCUT2D eigenvalue weighted by Crippen LogP contribution is -2.53. The van der Waals surface area contributed by atoms with Crippen LogP contribution in [0, 0.1) is 5.41 Å². The van der Waals surface area contributed by atoms with Crippen LogP contribution in [0.5, 0.6) is 0 Å². The summed E-state index contributed by atoms with van der Waals surface area (Å²) in [6, 6.07) is 2.95. The van der Waals surface area contributed by atoms with E-state index < -0.39 is 17.7 Å². The minimum atomic E-state index is -4.54. The average molecular weight is 273 g/mol. The Bertz CT molecular complexity index is 515.